The number of halogens is 2. The molecule has 3 N–H and O–H groups in total. The molecular formula is C15H12BrFN2O2. The Hall–Kier alpha value is -2.08. The summed E-state index contributed by atoms with van der Waals surface area (Å²) in [5.41, 5.74) is 7.93. The molecule has 2 aromatic rings. The zero-order valence-electron chi connectivity index (χ0n) is 11.0. The van der Waals surface area contributed by atoms with Crippen LogP contribution in [0.4, 0.5) is 15.8 Å². The van der Waals surface area contributed by atoms with Crippen molar-refractivity contribution in [2.75, 3.05) is 11.1 Å². The Bertz CT molecular complexity index is 734. The Kier molecular flexibility index (Phi) is 3.55. The van der Waals surface area contributed by atoms with Gasteiger partial charge in [-0.25, -0.2) is 4.39 Å². The molecular weight excluding hydrogens is 339 g/mol. The van der Waals surface area contributed by atoms with E-state index in [1.54, 1.807) is 12.1 Å². The quantitative estimate of drug-likeness (QED) is 0.808. The van der Waals surface area contributed by atoms with Crippen molar-refractivity contribution in [3.8, 4) is 11.5 Å². The van der Waals surface area contributed by atoms with E-state index in [4.69, 9.17) is 10.5 Å². The maximum atomic E-state index is 13.5. The van der Waals surface area contributed by atoms with Gasteiger partial charge in [-0.1, -0.05) is 0 Å². The monoisotopic (exact) mass is 350 g/mol. The second-order valence-corrected chi connectivity index (χ2v) is 5.63. The molecule has 1 amide bonds. The molecule has 6 heteroatoms. The van der Waals surface area contributed by atoms with Crippen LogP contribution in [-0.4, -0.2) is 5.91 Å². The van der Waals surface area contributed by atoms with E-state index in [0.717, 1.165) is 11.3 Å². The molecule has 0 aliphatic carbocycles. The van der Waals surface area contributed by atoms with Gasteiger partial charge in [0.15, 0.2) is 5.75 Å². The van der Waals surface area contributed by atoms with Crippen LogP contribution in [0.15, 0.2) is 34.8 Å². The molecule has 0 aromatic heterocycles. The van der Waals surface area contributed by atoms with Gasteiger partial charge in [0.1, 0.15) is 11.6 Å². The Labute approximate surface area is 129 Å². The van der Waals surface area contributed by atoms with Gasteiger partial charge in [-0.3, -0.25) is 4.79 Å². The second-order valence-electron chi connectivity index (χ2n) is 4.77. The van der Waals surface area contributed by atoms with Gasteiger partial charge in [-0.05, 0) is 52.2 Å². The molecule has 0 atom stereocenters. The molecule has 0 bridgehead atoms. The number of nitrogen functional groups attached to an aromatic ring is 1. The van der Waals surface area contributed by atoms with Crippen LogP contribution in [0.25, 0.3) is 0 Å². The topological polar surface area (TPSA) is 64.3 Å². The fourth-order valence-corrected chi connectivity index (χ4v) is 2.54. The van der Waals surface area contributed by atoms with Gasteiger partial charge in [-0.2, -0.15) is 0 Å². The number of fused-ring (bicyclic) bond motifs is 1. The zero-order chi connectivity index (χ0) is 15.0. The third kappa shape index (κ3) is 2.85. The Morgan fingerprint density at radius 1 is 1.24 bits per heavy atom. The highest BCUT2D eigenvalue weighted by molar-refractivity contribution is 9.10. The molecule has 0 radical (unpaired) electrons. The van der Waals surface area contributed by atoms with Gasteiger partial charge in [0.05, 0.1) is 10.2 Å². The first-order chi connectivity index (χ1) is 10.0. The van der Waals surface area contributed by atoms with Crippen molar-refractivity contribution in [1.82, 2.24) is 0 Å². The van der Waals surface area contributed by atoms with Crippen LogP contribution in [0.3, 0.4) is 0 Å². The maximum absolute atomic E-state index is 13.5. The average molecular weight is 351 g/mol. The number of nitrogens with one attached hydrogen (secondary N) is 1. The Balaban J connectivity index is 1.89. The minimum atomic E-state index is -0.440. The predicted octanol–water partition coefficient (Wildman–Crippen LogP) is 3.85. The van der Waals surface area contributed by atoms with Crippen molar-refractivity contribution in [3.05, 3.63) is 46.2 Å². The molecule has 0 unspecified atom stereocenters. The fourth-order valence-electron chi connectivity index (χ4n) is 2.18. The van der Waals surface area contributed by atoms with Crippen molar-refractivity contribution < 1.29 is 13.9 Å². The number of rotatable bonds is 2. The molecule has 0 saturated carbocycles. The molecule has 0 fully saturated rings. The molecule has 3 rings (SSSR count). The molecule has 108 valence electrons. The SMILES string of the molecule is Nc1cc(Br)c(F)cc1Oc1ccc2c(c1)CCC(=O)N2. The van der Waals surface area contributed by atoms with E-state index in [1.807, 2.05) is 6.07 Å². The number of nitrogens with two attached hydrogens (primary N) is 1. The van der Waals surface area contributed by atoms with Gasteiger partial charge in [0, 0.05) is 18.2 Å². The molecule has 1 heterocycles. The minimum Gasteiger partial charge on any atom is -0.455 e. The highest BCUT2D eigenvalue weighted by atomic mass is 79.9. The summed E-state index contributed by atoms with van der Waals surface area (Å²) in [5.74, 6) is 0.383. The van der Waals surface area contributed by atoms with Crippen LogP contribution in [-0.2, 0) is 11.2 Å². The summed E-state index contributed by atoms with van der Waals surface area (Å²) >= 11 is 3.07. The number of anilines is 2. The van der Waals surface area contributed by atoms with Crippen molar-refractivity contribution in [2.24, 2.45) is 0 Å². The number of ether oxygens (including phenoxy) is 1. The standard InChI is InChI=1S/C15H12BrFN2O2/c16-10-6-12(18)14(7-11(10)17)21-9-2-3-13-8(5-9)1-4-15(20)19-13/h2-3,5-7H,1,4,18H2,(H,19,20). The van der Waals surface area contributed by atoms with Gasteiger partial charge in [0.2, 0.25) is 5.91 Å². The van der Waals surface area contributed by atoms with Crippen molar-refractivity contribution in [2.45, 2.75) is 12.8 Å². The number of benzene rings is 2. The first-order valence-electron chi connectivity index (χ1n) is 6.38. The lowest BCUT2D eigenvalue weighted by Gasteiger charge is -2.18. The van der Waals surface area contributed by atoms with Crippen LogP contribution in [0.1, 0.15) is 12.0 Å². The largest absolute Gasteiger partial charge is 0.455 e. The van der Waals surface area contributed by atoms with Crippen LogP contribution in [0.2, 0.25) is 0 Å². The number of hydrogen-bond donors (Lipinski definition) is 2. The summed E-state index contributed by atoms with van der Waals surface area (Å²) in [7, 11) is 0. The molecule has 2 aromatic carbocycles. The van der Waals surface area contributed by atoms with Crippen LogP contribution in [0, 0.1) is 5.82 Å². The fraction of sp³-hybridized carbons (Fsp3) is 0.133. The molecule has 21 heavy (non-hydrogen) atoms. The van der Waals surface area contributed by atoms with Crippen LogP contribution in [0.5, 0.6) is 11.5 Å². The Morgan fingerprint density at radius 3 is 2.86 bits per heavy atom. The smallest absolute Gasteiger partial charge is 0.224 e. The Morgan fingerprint density at radius 2 is 2.05 bits per heavy atom. The molecule has 0 spiro atoms. The second kappa shape index (κ2) is 5.37. The van der Waals surface area contributed by atoms with Gasteiger partial charge >= 0.3 is 0 Å². The third-order valence-corrected chi connectivity index (χ3v) is 3.86. The number of hydrogen-bond acceptors (Lipinski definition) is 3. The van der Waals surface area contributed by atoms with E-state index >= 15 is 0 Å². The van der Waals surface area contributed by atoms with Crippen molar-refractivity contribution >= 4 is 33.2 Å². The summed E-state index contributed by atoms with van der Waals surface area (Å²) in [6.07, 6.45) is 1.11. The van der Waals surface area contributed by atoms with Crippen molar-refractivity contribution in [1.29, 1.82) is 0 Å². The van der Waals surface area contributed by atoms with E-state index in [2.05, 4.69) is 21.2 Å². The van der Waals surface area contributed by atoms with E-state index in [0.29, 0.717) is 28.8 Å². The highest BCUT2D eigenvalue weighted by Gasteiger charge is 2.16. The minimum absolute atomic E-state index is 0.00962. The predicted molar refractivity (Wildman–Crippen MR) is 82.0 cm³/mol. The lowest BCUT2D eigenvalue weighted by molar-refractivity contribution is -0.116. The summed E-state index contributed by atoms with van der Waals surface area (Å²) in [5, 5.41) is 2.79. The van der Waals surface area contributed by atoms with E-state index in [-0.39, 0.29) is 11.7 Å². The lowest BCUT2D eigenvalue weighted by Crippen LogP contribution is -2.18. The third-order valence-electron chi connectivity index (χ3n) is 3.25. The first-order valence-corrected chi connectivity index (χ1v) is 7.17. The van der Waals surface area contributed by atoms with Crippen molar-refractivity contribution in [3.63, 3.8) is 0 Å². The normalized spacial score (nSPS) is 13.5. The molecule has 0 saturated heterocycles. The maximum Gasteiger partial charge on any atom is 0.224 e. The number of carbonyl (C=O) groups is 1. The summed E-state index contributed by atoms with van der Waals surface area (Å²) in [6, 6.07) is 8.01. The summed E-state index contributed by atoms with van der Waals surface area (Å²) < 4.78 is 19.5. The number of aryl methyl sites for hydroxylation is 1. The molecule has 1 aliphatic heterocycles. The average Bonchev–Trinajstić information content (AvgIpc) is 2.45. The zero-order valence-corrected chi connectivity index (χ0v) is 12.5. The van der Waals surface area contributed by atoms with Gasteiger partial charge in [-0.15, -0.1) is 0 Å². The van der Waals surface area contributed by atoms with Gasteiger partial charge in [0.25, 0.3) is 0 Å². The van der Waals surface area contributed by atoms with Crippen LogP contribution >= 0.6 is 15.9 Å². The molecule has 1 aliphatic rings. The summed E-state index contributed by atoms with van der Waals surface area (Å²) in [6.45, 7) is 0. The van der Waals surface area contributed by atoms with Crippen LogP contribution < -0.4 is 15.8 Å². The van der Waals surface area contributed by atoms with E-state index < -0.39 is 5.82 Å². The van der Waals surface area contributed by atoms with E-state index in [9.17, 15) is 9.18 Å². The molecule has 4 nitrogen and oxygen atoms in total. The number of carbonyl (C=O) groups excluding carboxylic acids is 1. The van der Waals surface area contributed by atoms with E-state index in [1.165, 1.54) is 12.1 Å². The highest BCUT2D eigenvalue weighted by Crippen LogP contribution is 2.34. The lowest BCUT2D eigenvalue weighted by atomic mass is 10.0. The first kappa shape index (κ1) is 13.9. The van der Waals surface area contributed by atoms with Gasteiger partial charge < -0.3 is 15.8 Å². The summed E-state index contributed by atoms with van der Waals surface area (Å²) in [4.78, 5) is 11.3. The number of amides is 1.